The molecule has 15 heavy (non-hydrogen) atoms. The molecule has 2 unspecified atom stereocenters. The number of aliphatic hydroxyl groups excluding tert-OH is 2. The van der Waals surface area contributed by atoms with Gasteiger partial charge in [0, 0.05) is 0 Å². The summed E-state index contributed by atoms with van der Waals surface area (Å²) >= 11 is 0. The predicted molar refractivity (Wildman–Crippen MR) is 60.5 cm³/mol. The lowest BCUT2D eigenvalue weighted by Crippen LogP contribution is -2.28. The Labute approximate surface area is 92.7 Å². The van der Waals surface area contributed by atoms with Gasteiger partial charge >= 0.3 is 0 Å². The summed E-state index contributed by atoms with van der Waals surface area (Å²) in [5, 5.41) is 20.0. The quantitative estimate of drug-likeness (QED) is 0.751. The predicted octanol–water partition coefficient (Wildman–Crippen LogP) is 2.48. The molecular weight excluding hydrogens is 188 g/mol. The first-order chi connectivity index (χ1) is 7.27. The van der Waals surface area contributed by atoms with Crippen LogP contribution >= 0.6 is 0 Å². The number of aliphatic hydroxyl groups is 2. The second-order valence-electron chi connectivity index (χ2n) is 5.46. The van der Waals surface area contributed by atoms with Crippen LogP contribution in [0.2, 0.25) is 0 Å². The van der Waals surface area contributed by atoms with Crippen LogP contribution in [0.4, 0.5) is 0 Å². The van der Waals surface area contributed by atoms with Crippen molar-refractivity contribution >= 4 is 0 Å². The molecular formula is C13H24O2. The maximum absolute atomic E-state index is 10.0. The third-order valence-electron chi connectivity index (χ3n) is 4.37. The van der Waals surface area contributed by atoms with E-state index in [-0.39, 0.29) is 12.2 Å². The van der Waals surface area contributed by atoms with Crippen LogP contribution in [0, 0.1) is 11.8 Å². The lowest BCUT2D eigenvalue weighted by atomic mass is 9.90. The van der Waals surface area contributed by atoms with Crippen molar-refractivity contribution < 1.29 is 10.2 Å². The molecule has 2 aliphatic carbocycles. The van der Waals surface area contributed by atoms with Gasteiger partial charge in [-0.05, 0) is 43.9 Å². The van der Waals surface area contributed by atoms with Crippen LogP contribution in [-0.2, 0) is 0 Å². The second kappa shape index (κ2) is 5.31. The largest absolute Gasteiger partial charge is 0.393 e. The van der Waals surface area contributed by atoms with Gasteiger partial charge in [0.15, 0.2) is 0 Å². The average Bonchev–Trinajstić information content (AvgIpc) is 2.91. The molecule has 2 N–H and O–H groups in total. The van der Waals surface area contributed by atoms with E-state index in [9.17, 15) is 10.2 Å². The SMILES string of the molecule is OC(CC(O)C1CCCC1)C1CCCC1. The fourth-order valence-electron chi connectivity index (χ4n) is 3.32. The van der Waals surface area contributed by atoms with Gasteiger partial charge in [-0.1, -0.05) is 25.7 Å². The molecule has 0 amide bonds. The lowest BCUT2D eigenvalue weighted by molar-refractivity contribution is 0.0200. The summed E-state index contributed by atoms with van der Waals surface area (Å²) in [5.41, 5.74) is 0. The maximum Gasteiger partial charge on any atom is 0.0593 e. The van der Waals surface area contributed by atoms with E-state index in [1.165, 1.54) is 51.4 Å². The van der Waals surface area contributed by atoms with Crippen LogP contribution in [-0.4, -0.2) is 22.4 Å². The summed E-state index contributed by atoms with van der Waals surface area (Å²) in [6, 6.07) is 0. The number of rotatable bonds is 4. The van der Waals surface area contributed by atoms with E-state index in [0.29, 0.717) is 18.3 Å². The van der Waals surface area contributed by atoms with E-state index < -0.39 is 0 Å². The molecule has 0 aromatic rings. The van der Waals surface area contributed by atoms with Crippen molar-refractivity contribution in [3.63, 3.8) is 0 Å². The minimum atomic E-state index is -0.247. The van der Waals surface area contributed by atoms with Crippen LogP contribution in [0.15, 0.2) is 0 Å². The van der Waals surface area contributed by atoms with Crippen molar-refractivity contribution in [2.45, 2.75) is 70.0 Å². The topological polar surface area (TPSA) is 40.5 Å². The molecule has 0 bridgehead atoms. The molecule has 2 nitrogen and oxygen atoms in total. The molecule has 2 saturated carbocycles. The lowest BCUT2D eigenvalue weighted by Gasteiger charge is -2.24. The highest BCUT2D eigenvalue weighted by Crippen LogP contribution is 2.33. The van der Waals surface area contributed by atoms with Gasteiger partial charge in [0.1, 0.15) is 0 Å². The van der Waals surface area contributed by atoms with Crippen molar-refractivity contribution in [2.75, 3.05) is 0 Å². The summed E-state index contributed by atoms with van der Waals surface area (Å²) < 4.78 is 0. The molecule has 2 rings (SSSR count). The standard InChI is InChI=1S/C13H24O2/c14-12(10-5-1-2-6-10)9-13(15)11-7-3-4-8-11/h10-15H,1-9H2. The molecule has 88 valence electrons. The Morgan fingerprint density at radius 2 is 1.07 bits per heavy atom. The highest BCUT2D eigenvalue weighted by Gasteiger charge is 2.29. The van der Waals surface area contributed by atoms with Gasteiger partial charge in [-0.25, -0.2) is 0 Å². The third kappa shape index (κ3) is 2.94. The van der Waals surface area contributed by atoms with Crippen molar-refractivity contribution in [1.29, 1.82) is 0 Å². The molecule has 0 aromatic carbocycles. The minimum absolute atomic E-state index is 0.247. The van der Waals surface area contributed by atoms with E-state index >= 15 is 0 Å². The van der Waals surface area contributed by atoms with Gasteiger partial charge in [0.2, 0.25) is 0 Å². The van der Waals surface area contributed by atoms with Crippen molar-refractivity contribution in [3.05, 3.63) is 0 Å². The van der Waals surface area contributed by atoms with Gasteiger partial charge in [0.05, 0.1) is 12.2 Å². The first-order valence-electron chi connectivity index (χ1n) is 6.63. The molecule has 2 fully saturated rings. The fraction of sp³-hybridized carbons (Fsp3) is 1.00. The van der Waals surface area contributed by atoms with Crippen LogP contribution in [0.5, 0.6) is 0 Å². The fourth-order valence-corrected chi connectivity index (χ4v) is 3.32. The monoisotopic (exact) mass is 212 g/mol. The Kier molecular flexibility index (Phi) is 4.04. The highest BCUT2D eigenvalue weighted by atomic mass is 16.3. The molecule has 0 spiro atoms. The van der Waals surface area contributed by atoms with E-state index in [4.69, 9.17) is 0 Å². The molecule has 0 aliphatic heterocycles. The summed E-state index contributed by atoms with van der Waals surface area (Å²) in [5.74, 6) is 0.946. The highest BCUT2D eigenvalue weighted by molar-refractivity contribution is 4.81. The Hall–Kier alpha value is -0.0800. The second-order valence-corrected chi connectivity index (χ2v) is 5.46. The smallest absolute Gasteiger partial charge is 0.0593 e. The Bertz CT molecular complexity index is 161. The van der Waals surface area contributed by atoms with Gasteiger partial charge in [0.25, 0.3) is 0 Å². The molecule has 0 saturated heterocycles. The first kappa shape index (κ1) is 11.4. The van der Waals surface area contributed by atoms with Crippen LogP contribution in [0.25, 0.3) is 0 Å². The maximum atomic E-state index is 10.0. The van der Waals surface area contributed by atoms with Gasteiger partial charge in [-0.3, -0.25) is 0 Å². The van der Waals surface area contributed by atoms with E-state index in [0.717, 1.165) is 0 Å². The van der Waals surface area contributed by atoms with Gasteiger partial charge < -0.3 is 10.2 Å². The molecule has 2 atom stereocenters. The summed E-state index contributed by atoms with van der Waals surface area (Å²) in [6.07, 6.45) is 9.85. The average molecular weight is 212 g/mol. The van der Waals surface area contributed by atoms with Crippen molar-refractivity contribution in [1.82, 2.24) is 0 Å². The Balaban J connectivity index is 1.74. The summed E-state index contributed by atoms with van der Waals surface area (Å²) in [6.45, 7) is 0. The Morgan fingerprint density at radius 3 is 1.40 bits per heavy atom. The van der Waals surface area contributed by atoms with Crippen LogP contribution < -0.4 is 0 Å². The zero-order valence-corrected chi connectivity index (χ0v) is 9.57. The number of hydrogen-bond donors (Lipinski definition) is 2. The summed E-state index contributed by atoms with van der Waals surface area (Å²) in [4.78, 5) is 0. The van der Waals surface area contributed by atoms with Gasteiger partial charge in [-0.15, -0.1) is 0 Å². The van der Waals surface area contributed by atoms with E-state index in [2.05, 4.69) is 0 Å². The molecule has 2 heteroatoms. The van der Waals surface area contributed by atoms with Crippen molar-refractivity contribution in [3.8, 4) is 0 Å². The molecule has 0 radical (unpaired) electrons. The third-order valence-corrected chi connectivity index (χ3v) is 4.37. The minimum Gasteiger partial charge on any atom is -0.393 e. The zero-order chi connectivity index (χ0) is 10.7. The van der Waals surface area contributed by atoms with Crippen molar-refractivity contribution in [2.24, 2.45) is 11.8 Å². The molecule has 0 heterocycles. The van der Waals surface area contributed by atoms with Crippen LogP contribution in [0.3, 0.4) is 0 Å². The van der Waals surface area contributed by atoms with Crippen LogP contribution in [0.1, 0.15) is 57.8 Å². The number of hydrogen-bond acceptors (Lipinski definition) is 2. The zero-order valence-electron chi connectivity index (χ0n) is 9.57. The first-order valence-corrected chi connectivity index (χ1v) is 6.63. The van der Waals surface area contributed by atoms with Gasteiger partial charge in [-0.2, -0.15) is 0 Å². The summed E-state index contributed by atoms with van der Waals surface area (Å²) in [7, 11) is 0. The normalized spacial score (nSPS) is 28.4. The van der Waals surface area contributed by atoms with E-state index in [1.807, 2.05) is 0 Å². The Morgan fingerprint density at radius 1 is 0.733 bits per heavy atom. The molecule has 2 aliphatic rings. The molecule has 0 aromatic heterocycles. The van der Waals surface area contributed by atoms with E-state index in [1.54, 1.807) is 0 Å².